The van der Waals surface area contributed by atoms with Crippen molar-refractivity contribution in [3.8, 4) is 5.75 Å². The SMILES string of the molecule is O=C(CCN1CCCCC1)N/N=C/c1cc(Cl)cc([N+](=O)[O-])c1O. The van der Waals surface area contributed by atoms with Gasteiger partial charge in [0.25, 0.3) is 0 Å². The summed E-state index contributed by atoms with van der Waals surface area (Å²) in [6.45, 7) is 2.70. The van der Waals surface area contributed by atoms with Crippen LogP contribution in [0.2, 0.25) is 5.02 Å². The van der Waals surface area contributed by atoms with E-state index < -0.39 is 16.4 Å². The number of hydrogen-bond acceptors (Lipinski definition) is 6. The third-order valence-electron chi connectivity index (χ3n) is 3.78. The molecule has 8 nitrogen and oxygen atoms in total. The fraction of sp³-hybridized carbons (Fsp3) is 0.467. The van der Waals surface area contributed by atoms with Gasteiger partial charge in [0.1, 0.15) is 0 Å². The zero-order valence-corrected chi connectivity index (χ0v) is 13.8. The molecule has 1 saturated heterocycles. The van der Waals surface area contributed by atoms with Crippen LogP contribution >= 0.6 is 11.6 Å². The van der Waals surface area contributed by atoms with Gasteiger partial charge < -0.3 is 10.0 Å². The standard InChI is InChI=1S/C15H19ClN4O4/c16-12-8-11(15(22)13(9-12)20(23)24)10-17-18-14(21)4-7-19-5-2-1-3-6-19/h8-10,22H,1-7H2,(H,18,21)/b17-10+. The highest BCUT2D eigenvalue weighted by molar-refractivity contribution is 6.31. The Bertz CT molecular complexity index is 645. The average Bonchev–Trinajstić information content (AvgIpc) is 2.56. The normalized spacial score (nSPS) is 15.5. The Morgan fingerprint density at radius 1 is 1.42 bits per heavy atom. The van der Waals surface area contributed by atoms with Crippen LogP contribution in [0.5, 0.6) is 5.75 Å². The molecular formula is C15H19ClN4O4. The molecule has 2 rings (SSSR count). The molecule has 1 aromatic rings. The number of piperidine rings is 1. The first kappa shape index (κ1) is 18.2. The molecule has 9 heteroatoms. The van der Waals surface area contributed by atoms with Gasteiger partial charge in [-0.1, -0.05) is 18.0 Å². The first-order chi connectivity index (χ1) is 11.5. The molecule has 1 aliphatic rings. The molecule has 130 valence electrons. The van der Waals surface area contributed by atoms with Crippen molar-refractivity contribution < 1.29 is 14.8 Å². The Hall–Kier alpha value is -2.19. The molecule has 1 fully saturated rings. The molecule has 0 bridgehead atoms. The van der Waals surface area contributed by atoms with Gasteiger partial charge in [-0.05, 0) is 32.0 Å². The number of nitrogens with zero attached hydrogens (tertiary/aromatic N) is 3. The van der Waals surface area contributed by atoms with E-state index in [0.717, 1.165) is 38.2 Å². The quantitative estimate of drug-likeness (QED) is 0.463. The number of carbonyl (C=O) groups excluding carboxylic acids is 1. The van der Waals surface area contributed by atoms with Gasteiger partial charge in [-0.25, -0.2) is 5.43 Å². The number of halogens is 1. The van der Waals surface area contributed by atoms with E-state index in [2.05, 4.69) is 15.4 Å². The number of nitrogens with one attached hydrogen (secondary N) is 1. The lowest BCUT2D eigenvalue weighted by Gasteiger charge is -2.25. The molecule has 1 amide bonds. The van der Waals surface area contributed by atoms with E-state index >= 15 is 0 Å². The van der Waals surface area contributed by atoms with Crippen LogP contribution in [-0.4, -0.2) is 46.7 Å². The van der Waals surface area contributed by atoms with E-state index in [4.69, 9.17) is 11.6 Å². The zero-order valence-electron chi connectivity index (χ0n) is 13.1. The molecule has 1 aromatic carbocycles. The number of benzene rings is 1. The molecule has 0 aliphatic carbocycles. The predicted octanol–water partition coefficient (Wildman–Crippen LogP) is 2.28. The van der Waals surface area contributed by atoms with Gasteiger partial charge in [-0.15, -0.1) is 0 Å². The van der Waals surface area contributed by atoms with E-state index in [1.807, 2.05) is 0 Å². The number of phenols is 1. The number of aromatic hydroxyl groups is 1. The van der Waals surface area contributed by atoms with Gasteiger partial charge in [0.15, 0.2) is 0 Å². The van der Waals surface area contributed by atoms with Crippen LogP contribution in [0.25, 0.3) is 0 Å². The number of hydrogen-bond donors (Lipinski definition) is 2. The van der Waals surface area contributed by atoms with Crippen LogP contribution in [0, 0.1) is 10.1 Å². The van der Waals surface area contributed by atoms with Crippen molar-refractivity contribution in [3.63, 3.8) is 0 Å². The highest BCUT2D eigenvalue weighted by atomic mass is 35.5. The van der Waals surface area contributed by atoms with Gasteiger partial charge >= 0.3 is 5.69 Å². The summed E-state index contributed by atoms with van der Waals surface area (Å²) in [6, 6.07) is 2.37. The fourth-order valence-electron chi connectivity index (χ4n) is 2.52. The molecular weight excluding hydrogens is 336 g/mol. The first-order valence-corrected chi connectivity index (χ1v) is 8.06. The lowest BCUT2D eigenvalue weighted by molar-refractivity contribution is -0.385. The maximum absolute atomic E-state index is 11.8. The van der Waals surface area contributed by atoms with Crippen LogP contribution < -0.4 is 5.43 Å². The number of carbonyl (C=O) groups is 1. The van der Waals surface area contributed by atoms with Crippen molar-refractivity contribution in [3.05, 3.63) is 32.8 Å². The van der Waals surface area contributed by atoms with Crippen molar-refractivity contribution in [1.82, 2.24) is 10.3 Å². The summed E-state index contributed by atoms with van der Waals surface area (Å²) in [5.41, 5.74) is 1.89. The number of phenolic OH excluding ortho intramolecular Hbond substituents is 1. The van der Waals surface area contributed by atoms with Crippen molar-refractivity contribution >= 4 is 29.4 Å². The molecule has 0 saturated carbocycles. The molecule has 1 aliphatic heterocycles. The summed E-state index contributed by atoms with van der Waals surface area (Å²) in [7, 11) is 0. The summed E-state index contributed by atoms with van der Waals surface area (Å²) in [6.07, 6.45) is 5.01. The molecule has 0 spiro atoms. The fourth-order valence-corrected chi connectivity index (χ4v) is 2.74. The highest BCUT2D eigenvalue weighted by Crippen LogP contribution is 2.32. The van der Waals surface area contributed by atoms with Crippen LogP contribution in [0.1, 0.15) is 31.2 Å². The number of amides is 1. The number of nitro groups is 1. The van der Waals surface area contributed by atoms with Gasteiger partial charge in [0.2, 0.25) is 11.7 Å². The summed E-state index contributed by atoms with van der Waals surface area (Å²) in [5.74, 6) is -0.802. The van der Waals surface area contributed by atoms with Crippen LogP contribution in [0.15, 0.2) is 17.2 Å². The van der Waals surface area contributed by atoms with Crippen molar-refractivity contribution in [2.75, 3.05) is 19.6 Å². The average molecular weight is 355 g/mol. The van der Waals surface area contributed by atoms with Crippen molar-refractivity contribution in [2.24, 2.45) is 5.10 Å². The Morgan fingerprint density at radius 2 is 2.12 bits per heavy atom. The molecule has 0 unspecified atom stereocenters. The topological polar surface area (TPSA) is 108 Å². The Morgan fingerprint density at radius 3 is 2.79 bits per heavy atom. The lowest BCUT2D eigenvalue weighted by Crippen LogP contribution is -2.33. The third-order valence-corrected chi connectivity index (χ3v) is 4.00. The third kappa shape index (κ3) is 5.17. The maximum atomic E-state index is 11.8. The Labute approximate surface area is 144 Å². The van der Waals surface area contributed by atoms with E-state index in [1.165, 1.54) is 12.5 Å². The summed E-state index contributed by atoms with van der Waals surface area (Å²) in [4.78, 5) is 24.1. The van der Waals surface area contributed by atoms with Gasteiger partial charge in [0, 0.05) is 29.6 Å². The Balaban J connectivity index is 1.89. The molecule has 1 heterocycles. The molecule has 0 radical (unpaired) electrons. The highest BCUT2D eigenvalue weighted by Gasteiger charge is 2.17. The summed E-state index contributed by atoms with van der Waals surface area (Å²) >= 11 is 5.77. The number of likely N-dealkylation sites (tertiary alicyclic amines) is 1. The first-order valence-electron chi connectivity index (χ1n) is 7.68. The zero-order chi connectivity index (χ0) is 17.5. The second kappa shape index (κ2) is 8.60. The van der Waals surface area contributed by atoms with Crippen LogP contribution in [-0.2, 0) is 4.79 Å². The lowest BCUT2D eigenvalue weighted by atomic mass is 10.1. The predicted molar refractivity (Wildman–Crippen MR) is 90.4 cm³/mol. The smallest absolute Gasteiger partial charge is 0.312 e. The molecule has 2 N–H and O–H groups in total. The minimum Gasteiger partial charge on any atom is -0.502 e. The molecule has 0 atom stereocenters. The number of hydrazone groups is 1. The van der Waals surface area contributed by atoms with E-state index in [-0.39, 0.29) is 16.5 Å². The molecule has 24 heavy (non-hydrogen) atoms. The molecule has 0 aromatic heterocycles. The second-order valence-corrected chi connectivity index (χ2v) is 6.00. The Kier molecular flexibility index (Phi) is 6.51. The van der Waals surface area contributed by atoms with Gasteiger partial charge in [-0.2, -0.15) is 5.10 Å². The number of nitro benzene ring substituents is 1. The van der Waals surface area contributed by atoms with Crippen molar-refractivity contribution in [2.45, 2.75) is 25.7 Å². The van der Waals surface area contributed by atoms with E-state index in [0.29, 0.717) is 13.0 Å². The number of rotatable bonds is 6. The van der Waals surface area contributed by atoms with E-state index in [9.17, 15) is 20.0 Å². The van der Waals surface area contributed by atoms with Crippen molar-refractivity contribution in [1.29, 1.82) is 0 Å². The monoisotopic (exact) mass is 354 g/mol. The van der Waals surface area contributed by atoms with E-state index in [1.54, 1.807) is 0 Å². The minimum atomic E-state index is -0.740. The van der Waals surface area contributed by atoms with Gasteiger partial charge in [-0.3, -0.25) is 14.9 Å². The maximum Gasteiger partial charge on any atom is 0.312 e. The largest absolute Gasteiger partial charge is 0.502 e. The van der Waals surface area contributed by atoms with Crippen LogP contribution in [0.3, 0.4) is 0 Å². The van der Waals surface area contributed by atoms with Crippen LogP contribution in [0.4, 0.5) is 5.69 Å². The van der Waals surface area contributed by atoms with Gasteiger partial charge in [0.05, 0.1) is 11.1 Å². The summed E-state index contributed by atoms with van der Waals surface area (Å²) in [5, 5.41) is 24.4. The summed E-state index contributed by atoms with van der Waals surface area (Å²) < 4.78 is 0. The minimum absolute atomic E-state index is 0.0607. The second-order valence-electron chi connectivity index (χ2n) is 5.57.